The van der Waals surface area contributed by atoms with Gasteiger partial charge in [0.25, 0.3) is 5.91 Å². The molecule has 0 bridgehead atoms. The Morgan fingerprint density at radius 2 is 1.81 bits per heavy atom. The third-order valence-electron chi connectivity index (χ3n) is 5.34. The first-order valence-corrected chi connectivity index (χ1v) is 10.6. The Morgan fingerprint density at radius 3 is 2.55 bits per heavy atom. The highest BCUT2D eigenvalue weighted by atomic mass is 19.1. The minimum atomic E-state index is -0.286. The molecule has 158 valence electrons. The van der Waals surface area contributed by atoms with Gasteiger partial charge in [-0.1, -0.05) is 11.6 Å². The van der Waals surface area contributed by atoms with Crippen molar-refractivity contribution in [2.75, 3.05) is 11.9 Å². The average molecular weight is 417 g/mol. The van der Waals surface area contributed by atoms with E-state index in [1.165, 1.54) is 36.9 Å². The molecule has 0 atom stereocenters. The molecule has 1 amide bonds. The molecule has 1 aliphatic rings. The summed E-state index contributed by atoms with van der Waals surface area (Å²) >= 11 is 0. The van der Waals surface area contributed by atoms with Crippen LogP contribution in [0.1, 0.15) is 42.5 Å². The minimum Gasteiger partial charge on any atom is -0.352 e. The fraction of sp³-hybridized carbons (Fsp3) is 0.240. The number of rotatable bonds is 7. The normalized spacial score (nSPS) is 13.4. The Morgan fingerprint density at radius 1 is 1.00 bits per heavy atom. The molecule has 0 fully saturated rings. The van der Waals surface area contributed by atoms with Gasteiger partial charge in [-0.15, -0.1) is 0 Å². The van der Waals surface area contributed by atoms with Crippen LogP contribution in [0.2, 0.25) is 0 Å². The Hall–Kier alpha value is -3.54. The van der Waals surface area contributed by atoms with Gasteiger partial charge in [-0.05, 0) is 80.6 Å². The molecule has 1 heterocycles. The lowest BCUT2D eigenvalue weighted by Crippen LogP contribution is -2.24. The fourth-order valence-corrected chi connectivity index (χ4v) is 3.63. The molecule has 6 heteroatoms. The number of nitrogens with one attached hydrogen (secondary N) is 2. The van der Waals surface area contributed by atoms with Gasteiger partial charge in [0.2, 0.25) is 0 Å². The maximum absolute atomic E-state index is 13.1. The second kappa shape index (κ2) is 9.98. The average Bonchev–Trinajstić information content (AvgIpc) is 2.81. The van der Waals surface area contributed by atoms with Gasteiger partial charge in [0.15, 0.2) is 0 Å². The minimum absolute atomic E-state index is 0.0661. The van der Waals surface area contributed by atoms with Gasteiger partial charge >= 0.3 is 0 Å². The molecule has 3 aromatic rings. The van der Waals surface area contributed by atoms with Crippen molar-refractivity contribution in [1.82, 2.24) is 15.3 Å². The summed E-state index contributed by atoms with van der Waals surface area (Å²) in [5, 5.41) is 6.21. The van der Waals surface area contributed by atoms with E-state index >= 15 is 0 Å². The van der Waals surface area contributed by atoms with Crippen molar-refractivity contribution in [2.45, 2.75) is 32.1 Å². The van der Waals surface area contributed by atoms with Gasteiger partial charge < -0.3 is 10.6 Å². The maximum Gasteiger partial charge on any atom is 0.251 e. The quantitative estimate of drug-likeness (QED) is 0.489. The number of halogens is 1. The number of allylic oxidation sites excluding steroid dienone is 1. The van der Waals surface area contributed by atoms with Crippen molar-refractivity contribution < 1.29 is 9.18 Å². The Labute approximate surface area is 181 Å². The summed E-state index contributed by atoms with van der Waals surface area (Å²) in [7, 11) is 0. The second-order valence-corrected chi connectivity index (χ2v) is 7.61. The number of carbonyl (C=O) groups is 1. The van der Waals surface area contributed by atoms with E-state index in [1.54, 1.807) is 30.3 Å². The number of nitrogens with zero attached hydrogens (tertiary/aromatic N) is 2. The Bertz CT molecular complexity index is 1060. The number of aromatic nitrogens is 2. The molecule has 0 saturated carbocycles. The fourth-order valence-electron chi connectivity index (χ4n) is 3.63. The van der Waals surface area contributed by atoms with Crippen LogP contribution in [0.5, 0.6) is 0 Å². The highest BCUT2D eigenvalue weighted by molar-refractivity contribution is 5.94. The zero-order valence-electron chi connectivity index (χ0n) is 17.3. The largest absolute Gasteiger partial charge is 0.352 e. The van der Waals surface area contributed by atoms with E-state index < -0.39 is 0 Å². The molecule has 1 aromatic heterocycles. The summed E-state index contributed by atoms with van der Waals surface area (Å²) in [5.74, 6) is 0.266. The lowest BCUT2D eigenvalue weighted by Gasteiger charge is -2.13. The van der Waals surface area contributed by atoms with Crippen molar-refractivity contribution in [3.63, 3.8) is 0 Å². The molecule has 2 aromatic carbocycles. The molecule has 4 rings (SSSR count). The first kappa shape index (κ1) is 20.7. The van der Waals surface area contributed by atoms with Crippen LogP contribution in [-0.2, 0) is 0 Å². The van der Waals surface area contributed by atoms with Crippen LogP contribution >= 0.6 is 0 Å². The van der Waals surface area contributed by atoms with Crippen LogP contribution in [0.25, 0.3) is 11.3 Å². The summed E-state index contributed by atoms with van der Waals surface area (Å²) in [4.78, 5) is 20.9. The zero-order valence-corrected chi connectivity index (χ0v) is 17.3. The maximum atomic E-state index is 13.1. The first-order chi connectivity index (χ1) is 15.2. The van der Waals surface area contributed by atoms with E-state index in [9.17, 15) is 9.18 Å². The topological polar surface area (TPSA) is 66.9 Å². The molecule has 0 aliphatic heterocycles. The van der Waals surface area contributed by atoms with E-state index in [0.29, 0.717) is 23.6 Å². The summed E-state index contributed by atoms with van der Waals surface area (Å²) in [5.41, 5.74) is 4.39. The molecule has 5 nitrogen and oxygen atoms in total. The molecule has 0 unspecified atom stereocenters. The van der Waals surface area contributed by atoms with E-state index in [4.69, 9.17) is 0 Å². The van der Waals surface area contributed by atoms with Crippen LogP contribution in [-0.4, -0.2) is 22.4 Å². The van der Waals surface area contributed by atoms with E-state index in [-0.39, 0.29) is 11.7 Å². The van der Waals surface area contributed by atoms with Gasteiger partial charge in [0.05, 0.1) is 5.69 Å². The van der Waals surface area contributed by atoms with Crippen LogP contribution in [0.15, 0.2) is 72.6 Å². The van der Waals surface area contributed by atoms with E-state index in [1.807, 2.05) is 12.1 Å². The SMILES string of the molecule is O=C(NCCC1=CCCCC1)c1ccc(Nc2cc(-c3ccc(F)cc3)ncn2)cc1. The summed E-state index contributed by atoms with van der Waals surface area (Å²) in [6.45, 7) is 0.664. The molecular formula is C25H25FN4O. The number of hydrogen-bond donors (Lipinski definition) is 2. The van der Waals surface area contributed by atoms with E-state index in [2.05, 4.69) is 26.7 Å². The van der Waals surface area contributed by atoms with Crippen LogP contribution < -0.4 is 10.6 Å². The standard InChI is InChI=1S/C25H25FN4O/c26-21-10-6-19(7-11-21)23-16-24(29-17-28-23)30-22-12-8-20(9-13-22)25(31)27-15-14-18-4-2-1-3-5-18/h4,6-13,16-17H,1-3,5,14-15H2,(H,27,31)(H,28,29,30). The lowest BCUT2D eigenvalue weighted by atomic mass is 9.97. The van der Waals surface area contributed by atoms with Crippen LogP contribution in [0, 0.1) is 5.82 Å². The highest BCUT2D eigenvalue weighted by Crippen LogP contribution is 2.22. The van der Waals surface area contributed by atoms with Gasteiger partial charge in [-0.2, -0.15) is 0 Å². The van der Waals surface area contributed by atoms with Crippen molar-refractivity contribution in [3.8, 4) is 11.3 Å². The smallest absolute Gasteiger partial charge is 0.251 e. The molecule has 31 heavy (non-hydrogen) atoms. The van der Waals surface area contributed by atoms with Crippen LogP contribution in [0.4, 0.5) is 15.9 Å². The summed E-state index contributed by atoms with van der Waals surface area (Å²) < 4.78 is 13.1. The molecule has 0 saturated heterocycles. The highest BCUT2D eigenvalue weighted by Gasteiger charge is 2.08. The Kier molecular flexibility index (Phi) is 6.67. The molecule has 2 N–H and O–H groups in total. The number of carbonyl (C=O) groups excluding carboxylic acids is 1. The predicted octanol–water partition coefficient (Wildman–Crippen LogP) is 5.65. The molecule has 1 aliphatic carbocycles. The third kappa shape index (κ3) is 5.75. The van der Waals surface area contributed by atoms with E-state index in [0.717, 1.165) is 30.5 Å². The number of anilines is 2. The van der Waals surface area contributed by atoms with Gasteiger partial charge in [0, 0.05) is 29.4 Å². The number of hydrogen-bond acceptors (Lipinski definition) is 4. The first-order valence-electron chi connectivity index (χ1n) is 10.6. The van der Waals surface area contributed by atoms with Crippen LogP contribution in [0.3, 0.4) is 0 Å². The Balaban J connectivity index is 1.34. The number of amides is 1. The van der Waals surface area contributed by atoms with Gasteiger partial charge in [0.1, 0.15) is 18.0 Å². The zero-order chi connectivity index (χ0) is 21.5. The molecule has 0 radical (unpaired) electrons. The summed E-state index contributed by atoms with van der Waals surface area (Å²) in [6.07, 6.45) is 9.55. The predicted molar refractivity (Wildman–Crippen MR) is 121 cm³/mol. The van der Waals surface area contributed by atoms with Crippen molar-refractivity contribution in [2.24, 2.45) is 0 Å². The second-order valence-electron chi connectivity index (χ2n) is 7.61. The van der Waals surface area contributed by atoms with Gasteiger partial charge in [-0.3, -0.25) is 4.79 Å². The lowest BCUT2D eigenvalue weighted by molar-refractivity contribution is 0.0954. The monoisotopic (exact) mass is 416 g/mol. The number of benzene rings is 2. The molecule has 0 spiro atoms. The third-order valence-corrected chi connectivity index (χ3v) is 5.34. The summed E-state index contributed by atoms with van der Waals surface area (Å²) in [6, 6.07) is 15.2. The van der Waals surface area contributed by atoms with Crippen molar-refractivity contribution in [3.05, 3.63) is 84.0 Å². The van der Waals surface area contributed by atoms with Gasteiger partial charge in [-0.25, -0.2) is 14.4 Å². The molecular weight excluding hydrogens is 391 g/mol. The van der Waals surface area contributed by atoms with Crippen molar-refractivity contribution in [1.29, 1.82) is 0 Å². The van der Waals surface area contributed by atoms with Crippen molar-refractivity contribution >= 4 is 17.4 Å².